The number of carbonyl (C=O) groups excluding carboxylic acids is 1. The van der Waals surface area contributed by atoms with Crippen LogP contribution in [0.15, 0.2) is 5.16 Å². The smallest absolute Gasteiger partial charge is 0.265 e. The van der Waals surface area contributed by atoms with Gasteiger partial charge in [-0.1, -0.05) is 5.16 Å². The van der Waals surface area contributed by atoms with Gasteiger partial charge in [0.05, 0.1) is 0 Å². The summed E-state index contributed by atoms with van der Waals surface area (Å²) in [5, 5.41) is 12.7. The topological polar surface area (TPSA) is 87.7 Å². The van der Waals surface area contributed by atoms with E-state index in [1.807, 2.05) is 0 Å². The Morgan fingerprint density at radius 3 is 3.00 bits per heavy atom. The number of hydrogen-bond acceptors (Lipinski definition) is 4. The predicted molar refractivity (Wildman–Crippen MR) is 32.3 cm³/mol. The molecule has 0 aromatic rings. The quantitative estimate of drug-likeness (QED) is 0.248. The summed E-state index contributed by atoms with van der Waals surface area (Å²) in [6.07, 6.45) is 0.773. The highest BCUT2D eigenvalue weighted by Gasteiger charge is 1.90. The zero-order valence-corrected chi connectivity index (χ0v) is 4.87. The van der Waals surface area contributed by atoms with E-state index in [4.69, 9.17) is 10.9 Å². The molecule has 52 valence electrons. The Kier molecular flexibility index (Phi) is 4.43. The molecule has 5 heteroatoms. The zero-order valence-electron chi connectivity index (χ0n) is 4.87. The third-order valence-electron chi connectivity index (χ3n) is 0.619. The Hall–Kier alpha value is -1.10. The van der Waals surface area contributed by atoms with Gasteiger partial charge in [0.1, 0.15) is 6.21 Å². The monoisotopic (exact) mass is 131 g/mol. The van der Waals surface area contributed by atoms with Gasteiger partial charge in [-0.3, -0.25) is 4.79 Å². The molecule has 0 spiro atoms. The van der Waals surface area contributed by atoms with E-state index in [1.165, 1.54) is 0 Å². The highest BCUT2D eigenvalue weighted by Crippen LogP contribution is 1.57. The van der Waals surface area contributed by atoms with Crippen molar-refractivity contribution in [2.75, 3.05) is 13.1 Å². The van der Waals surface area contributed by atoms with E-state index in [2.05, 4.69) is 10.5 Å². The number of carbonyl (C=O) groups is 1. The highest BCUT2D eigenvalue weighted by molar-refractivity contribution is 6.25. The summed E-state index contributed by atoms with van der Waals surface area (Å²) in [4.78, 5) is 10.3. The minimum Gasteiger partial charge on any atom is -0.411 e. The molecule has 0 aliphatic heterocycles. The van der Waals surface area contributed by atoms with E-state index in [0.29, 0.717) is 13.1 Å². The van der Waals surface area contributed by atoms with Crippen molar-refractivity contribution in [3.63, 3.8) is 0 Å². The first-order chi connectivity index (χ1) is 4.31. The van der Waals surface area contributed by atoms with Gasteiger partial charge in [-0.2, -0.15) is 0 Å². The summed E-state index contributed by atoms with van der Waals surface area (Å²) in [5.41, 5.74) is 5.05. The van der Waals surface area contributed by atoms with Crippen molar-refractivity contribution in [1.29, 1.82) is 0 Å². The summed E-state index contributed by atoms with van der Waals surface area (Å²) in [6.45, 7) is 0.774. The summed E-state index contributed by atoms with van der Waals surface area (Å²) in [5.74, 6) is -0.442. The van der Waals surface area contributed by atoms with Crippen molar-refractivity contribution >= 4 is 12.1 Å². The van der Waals surface area contributed by atoms with Crippen LogP contribution < -0.4 is 11.1 Å². The lowest BCUT2D eigenvalue weighted by Crippen LogP contribution is -2.29. The lowest BCUT2D eigenvalue weighted by molar-refractivity contribution is -0.114. The van der Waals surface area contributed by atoms with Crippen molar-refractivity contribution in [3.05, 3.63) is 0 Å². The Morgan fingerprint density at radius 2 is 2.56 bits per heavy atom. The Balaban J connectivity index is 3.27. The van der Waals surface area contributed by atoms with Gasteiger partial charge in [0, 0.05) is 13.1 Å². The average Bonchev–Trinajstić information content (AvgIpc) is 1.85. The molecule has 1 amide bonds. The number of nitrogens with two attached hydrogens (primary N) is 1. The third-order valence-corrected chi connectivity index (χ3v) is 0.619. The maximum absolute atomic E-state index is 10.3. The maximum atomic E-state index is 10.3. The molecule has 0 atom stereocenters. The first-order valence-corrected chi connectivity index (χ1v) is 2.46. The normalized spacial score (nSPS) is 9.89. The molecule has 0 aromatic heterocycles. The van der Waals surface area contributed by atoms with E-state index >= 15 is 0 Å². The average molecular weight is 131 g/mol. The zero-order chi connectivity index (χ0) is 7.11. The van der Waals surface area contributed by atoms with Crippen molar-refractivity contribution in [3.8, 4) is 0 Å². The summed E-state index contributed by atoms with van der Waals surface area (Å²) >= 11 is 0. The van der Waals surface area contributed by atoms with Crippen LogP contribution in [0.2, 0.25) is 0 Å². The van der Waals surface area contributed by atoms with Crippen LogP contribution in [0.3, 0.4) is 0 Å². The predicted octanol–water partition coefficient (Wildman–Crippen LogP) is -1.48. The van der Waals surface area contributed by atoms with Crippen molar-refractivity contribution in [2.24, 2.45) is 10.9 Å². The molecular weight excluding hydrogens is 122 g/mol. The lowest BCUT2D eigenvalue weighted by Gasteiger charge is -1.94. The number of nitrogens with one attached hydrogen (secondary N) is 1. The van der Waals surface area contributed by atoms with Crippen molar-refractivity contribution in [1.82, 2.24) is 5.32 Å². The molecular formula is C4H9N3O2. The van der Waals surface area contributed by atoms with Gasteiger partial charge in [0.25, 0.3) is 5.91 Å². The van der Waals surface area contributed by atoms with Crippen LogP contribution in [-0.2, 0) is 4.79 Å². The summed E-state index contributed by atoms with van der Waals surface area (Å²) in [7, 11) is 0. The molecule has 0 aliphatic carbocycles. The maximum Gasteiger partial charge on any atom is 0.265 e. The van der Waals surface area contributed by atoms with Crippen LogP contribution in [0.25, 0.3) is 0 Å². The minimum absolute atomic E-state index is 0.380. The minimum atomic E-state index is -0.442. The molecule has 0 fully saturated rings. The molecule has 0 saturated heterocycles. The number of hydrogen-bond donors (Lipinski definition) is 3. The second-order valence-electron chi connectivity index (χ2n) is 1.32. The van der Waals surface area contributed by atoms with E-state index in [-0.39, 0.29) is 0 Å². The fourth-order valence-corrected chi connectivity index (χ4v) is 0.293. The third kappa shape index (κ3) is 4.76. The van der Waals surface area contributed by atoms with Crippen molar-refractivity contribution in [2.45, 2.75) is 0 Å². The second kappa shape index (κ2) is 5.04. The molecule has 0 heterocycles. The SMILES string of the molecule is NCCNC(=O)/C=N/O. The van der Waals surface area contributed by atoms with Crippen LogP contribution in [0, 0.1) is 0 Å². The van der Waals surface area contributed by atoms with Crippen LogP contribution in [0.5, 0.6) is 0 Å². The lowest BCUT2D eigenvalue weighted by atomic mass is 10.6. The van der Waals surface area contributed by atoms with E-state index in [0.717, 1.165) is 6.21 Å². The first-order valence-electron chi connectivity index (χ1n) is 2.46. The molecule has 4 N–H and O–H groups in total. The van der Waals surface area contributed by atoms with Gasteiger partial charge in [-0.15, -0.1) is 0 Å². The van der Waals surface area contributed by atoms with E-state index in [1.54, 1.807) is 0 Å². The first kappa shape index (κ1) is 7.90. The molecule has 5 nitrogen and oxygen atoms in total. The van der Waals surface area contributed by atoms with Gasteiger partial charge < -0.3 is 16.3 Å². The number of nitrogens with zero attached hydrogens (tertiary/aromatic N) is 1. The summed E-state index contributed by atoms with van der Waals surface area (Å²) in [6, 6.07) is 0. The molecule has 0 bridgehead atoms. The molecule has 0 unspecified atom stereocenters. The Bertz CT molecular complexity index is 112. The molecule has 0 radical (unpaired) electrons. The highest BCUT2D eigenvalue weighted by atomic mass is 16.4. The van der Waals surface area contributed by atoms with Gasteiger partial charge in [0.2, 0.25) is 0 Å². The Morgan fingerprint density at radius 1 is 1.89 bits per heavy atom. The second-order valence-corrected chi connectivity index (χ2v) is 1.32. The van der Waals surface area contributed by atoms with Gasteiger partial charge >= 0.3 is 0 Å². The Labute approximate surface area is 52.5 Å². The van der Waals surface area contributed by atoms with E-state index < -0.39 is 5.91 Å². The molecule has 0 aliphatic rings. The summed E-state index contributed by atoms with van der Waals surface area (Å²) < 4.78 is 0. The van der Waals surface area contributed by atoms with Crippen LogP contribution in [0.1, 0.15) is 0 Å². The fraction of sp³-hybridized carbons (Fsp3) is 0.500. The number of amides is 1. The van der Waals surface area contributed by atoms with Crippen molar-refractivity contribution < 1.29 is 10.0 Å². The van der Waals surface area contributed by atoms with Crippen LogP contribution in [0.4, 0.5) is 0 Å². The van der Waals surface area contributed by atoms with Gasteiger partial charge in [-0.05, 0) is 0 Å². The van der Waals surface area contributed by atoms with Gasteiger partial charge in [0.15, 0.2) is 0 Å². The molecule has 9 heavy (non-hydrogen) atoms. The molecule has 0 rings (SSSR count). The van der Waals surface area contributed by atoms with E-state index in [9.17, 15) is 4.79 Å². The fourth-order valence-electron chi connectivity index (χ4n) is 0.293. The van der Waals surface area contributed by atoms with Crippen LogP contribution in [-0.4, -0.2) is 30.4 Å². The van der Waals surface area contributed by atoms with Gasteiger partial charge in [-0.25, -0.2) is 0 Å². The number of oxime groups is 1. The number of rotatable bonds is 3. The molecule has 0 saturated carbocycles. The molecule has 0 aromatic carbocycles. The largest absolute Gasteiger partial charge is 0.411 e. The van der Waals surface area contributed by atoms with Crippen LogP contribution >= 0.6 is 0 Å². The standard InChI is InChI=1S/C4H9N3O2/c5-1-2-6-4(8)3-7-9/h3,9H,1-2,5H2,(H,6,8)/b7-3+.